The highest BCUT2D eigenvalue weighted by atomic mass is 127. The Labute approximate surface area is 218 Å². The quantitative estimate of drug-likeness (QED) is 0.229. The largest absolute Gasteiger partial charge is 0.474 e. The van der Waals surface area contributed by atoms with Crippen molar-refractivity contribution >= 4 is 49.6 Å². The zero-order valence-electron chi connectivity index (χ0n) is 19.0. The summed E-state index contributed by atoms with van der Waals surface area (Å²) in [6, 6.07) is 17.2. The fraction of sp³-hybridized carbons (Fsp3) is 0.280. The number of benzene rings is 2. The molecule has 4 aromatic rings. The zero-order valence-corrected chi connectivity index (χ0v) is 21.9. The van der Waals surface area contributed by atoms with Gasteiger partial charge in [-0.1, -0.05) is 40.8 Å². The molecule has 35 heavy (non-hydrogen) atoms. The molecular formula is C25H26IN5O3S. The molecule has 0 unspecified atom stereocenters. The van der Waals surface area contributed by atoms with Crippen molar-refractivity contribution in [2.45, 2.75) is 52.0 Å². The summed E-state index contributed by atoms with van der Waals surface area (Å²) < 4.78 is 34.6. The summed E-state index contributed by atoms with van der Waals surface area (Å²) in [5.74, 6) is 1.22. The van der Waals surface area contributed by atoms with Gasteiger partial charge in [0.25, 0.3) is 0 Å². The summed E-state index contributed by atoms with van der Waals surface area (Å²) >= 11 is 2.29. The van der Waals surface area contributed by atoms with Crippen LogP contribution in [0.4, 0.5) is 11.5 Å². The van der Waals surface area contributed by atoms with Gasteiger partial charge in [-0.3, -0.25) is 0 Å². The first-order chi connectivity index (χ1) is 16.9. The van der Waals surface area contributed by atoms with Crippen LogP contribution in [0.1, 0.15) is 31.2 Å². The lowest BCUT2D eigenvalue weighted by Gasteiger charge is -2.26. The summed E-state index contributed by atoms with van der Waals surface area (Å²) in [6.07, 6.45) is 5.60. The van der Waals surface area contributed by atoms with Gasteiger partial charge in [-0.2, -0.15) is 14.6 Å². The summed E-state index contributed by atoms with van der Waals surface area (Å²) in [4.78, 5) is 5.23. The van der Waals surface area contributed by atoms with E-state index in [0.717, 1.165) is 47.0 Å². The molecule has 5 rings (SSSR count). The van der Waals surface area contributed by atoms with E-state index in [0.29, 0.717) is 11.7 Å². The Bertz CT molecular complexity index is 1420. The van der Waals surface area contributed by atoms with Gasteiger partial charge in [0.2, 0.25) is 15.7 Å². The number of hydrogen-bond acceptors (Lipinski definition) is 7. The van der Waals surface area contributed by atoms with E-state index in [9.17, 15) is 8.42 Å². The molecule has 0 spiro atoms. The van der Waals surface area contributed by atoms with Crippen LogP contribution in [0.2, 0.25) is 0 Å². The molecular weight excluding hydrogens is 577 g/mol. The van der Waals surface area contributed by atoms with Crippen molar-refractivity contribution in [1.29, 1.82) is 0 Å². The number of rotatable bonds is 7. The fourth-order valence-corrected chi connectivity index (χ4v) is 6.03. The van der Waals surface area contributed by atoms with E-state index >= 15 is 0 Å². The third-order valence-corrected chi connectivity index (χ3v) is 8.77. The SMILES string of the molecule is NC1CCC(Oc2cc(Nc3ccc(S(=O)(=O)c4ccccc4)cc3)n3ncc(CI)c3n2)CC1. The maximum atomic E-state index is 12.9. The van der Waals surface area contributed by atoms with E-state index in [1.54, 1.807) is 65.3 Å². The van der Waals surface area contributed by atoms with Gasteiger partial charge in [-0.15, -0.1) is 0 Å². The molecule has 2 aromatic heterocycles. The first-order valence-electron chi connectivity index (χ1n) is 11.5. The molecule has 1 aliphatic rings. The monoisotopic (exact) mass is 603 g/mol. The number of nitrogens with one attached hydrogen (secondary N) is 1. The number of aromatic nitrogens is 3. The van der Waals surface area contributed by atoms with Gasteiger partial charge in [-0.05, 0) is 62.1 Å². The number of halogens is 1. The van der Waals surface area contributed by atoms with Crippen LogP contribution >= 0.6 is 22.6 Å². The van der Waals surface area contributed by atoms with Crippen molar-refractivity contribution in [3.8, 4) is 5.88 Å². The molecule has 8 nitrogen and oxygen atoms in total. The fourth-order valence-electron chi connectivity index (χ4n) is 4.21. The molecule has 182 valence electrons. The minimum Gasteiger partial charge on any atom is -0.474 e. The first-order valence-corrected chi connectivity index (χ1v) is 14.5. The molecule has 0 bridgehead atoms. The molecule has 1 fully saturated rings. The molecule has 0 radical (unpaired) electrons. The van der Waals surface area contributed by atoms with Crippen molar-refractivity contribution in [3.63, 3.8) is 0 Å². The van der Waals surface area contributed by atoms with Crippen LogP contribution in [0.5, 0.6) is 5.88 Å². The summed E-state index contributed by atoms with van der Waals surface area (Å²) in [7, 11) is -3.58. The number of alkyl halides is 1. The molecule has 1 aliphatic carbocycles. The van der Waals surface area contributed by atoms with Crippen molar-refractivity contribution in [2.75, 3.05) is 5.32 Å². The second kappa shape index (κ2) is 10.1. The van der Waals surface area contributed by atoms with Gasteiger partial charge >= 0.3 is 0 Å². The Morgan fingerprint density at radius 2 is 1.71 bits per heavy atom. The van der Waals surface area contributed by atoms with Crippen molar-refractivity contribution in [1.82, 2.24) is 14.6 Å². The standard InChI is InChI=1S/C25H26IN5O3S/c26-15-17-16-28-31-23(14-24(30-25(17)31)34-20-10-6-18(27)7-11-20)29-19-8-12-22(13-9-19)35(32,33)21-4-2-1-3-5-21/h1-5,8-9,12-14,16,18,20,29H,6-7,10-11,15,27H2. The maximum absolute atomic E-state index is 12.9. The predicted molar refractivity (Wildman–Crippen MR) is 143 cm³/mol. The molecule has 3 N–H and O–H groups in total. The van der Waals surface area contributed by atoms with Crippen LogP contribution in [0.15, 0.2) is 76.7 Å². The summed E-state index contributed by atoms with van der Waals surface area (Å²) in [6.45, 7) is 0. The minimum absolute atomic E-state index is 0.0889. The average molecular weight is 603 g/mol. The number of ether oxygens (including phenoxy) is 1. The Hall–Kier alpha value is -2.70. The number of hydrogen-bond donors (Lipinski definition) is 2. The van der Waals surface area contributed by atoms with E-state index in [4.69, 9.17) is 15.5 Å². The van der Waals surface area contributed by atoms with Crippen LogP contribution in [0, 0.1) is 0 Å². The van der Waals surface area contributed by atoms with Gasteiger partial charge in [0.05, 0.1) is 16.0 Å². The van der Waals surface area contributed by atoms with Crippen LogP contribution in [0.3, 0.4) is 0 Å². The van der Waals surface area contributed by atoms with Gasteiger partial charge in [-0.25, -0.2) is 8.42 Å². The van der Waals surface area contributed by atoms with E-state index in [1.807, 2.05) is 6.07 Å². The zero-order chi connectivity index (χ0) is 24.4. The summed E-state index contributed by atoms with van der Waals surface area (Å²) in [5.41, 5.74) is 8.51. The molecule has 2 aromatic carbocycles. The predicted octanol–water partition coefficient (Wildman–Crippen LogP) is 4.89. The summed E-state index contributed by atoms with van der Waals surface area (Å²) in [5, 5.41) is 7.85. The second-order valence-electron chi connectivity index (χ2n) is 8.64. The van der Waals surface area contributed by atoms with Gasteiger partial charge in [0.15, 0.2) is 5.65 Å². The number of nitrogens with two attached hydrogens (primary N) is 1. The van der Waals surface area contributed by atoms with Crippen LogP contribution in [-0.4, -0.2) is 35.2 Å². The third kappa shape index (κ3) is 5.14. The van der Waals surface area contributed by atoms with Gasteiger partial charge < -0.3 is 15.8 Å². The highest BCUT2D eigenvalue weighted by Crippen LogP contribution is 2.29. The number of anilines is 2. The Morgan fingerprint density at radius 3 is 2.40 bits per heavy atom. The normalized spacial score (nSPS) is 18.5. The molecule has 0 aliphatic heterocycles. The van der Waals surface area contributed by atoms with E-state index < -0.39 is 9.84 Å². The first kappa shape index (κ1) is 24.0. The van der Waals surface area contributed by atoms with E-state index in [1.165, 1.54) is 0 Å². The highest BCUT2D eigenvalue weighted by molar-refractivity contribution is 14.1. The van der Waals surface area contributed by atoms with E-state index in [-0.39, 0.29) is 21.9 Å². The van der Waals surface area contributed by atoms with Gasteiger partial charge in [0.1, 0.15) is 11.9 Å². The molecule has 0 atom stereocenters. The van der Waals surface area contributed by atoms with E-state index in [2.05, 4.69) is 33.0 Å². The topological polar surface area (TPSA) is 112 Å². The lowest BCUT2D eigenvalue weighted by molar-refractivity contribution is 0.141. The molecule has 2 heterocycles. The van der Waals surface area contributed by atoms with Crippen LogP contribution < -0.4 is 15.8 Å². The van der Waals surface area contributed by atoms with Crippen molar-refractivity contribution < 1.29 is 13.2 Å². The van der Waals surface area contributed by atoms with Crippen LogP contribution in [-0.2, 0) is 14.3 Å². The Morgan fingerprint density at radius 1 is 1.03 bits per heavy atom. The van der Waals surface area contributed by atoms with Crippen molar-refractivity contribution in [3.05, 3.63) is 72.4 Å². The molecule has 1 saturated carbocycles. The second-order valence-corrected chi connectivity index (χ2v) is 11.4. The lowest BCUT2D eigenvalue weighted by Crippen LogP contribution is -2.31. The molecule has 0 saturated heterocycles. The van der Waals surface area contributed by atoms with Crippen molar-refractivity contribution in [2.24, 2.45) is 5.73 Å². The smallest absolute Gasteiger partial charge is 0.219 e. The number of sulfone groups is 1. The Kier molecular flexibility index (Phi) is 6.94. The Balaban J connectivity index is 1.42. The van der Waals surface area contributed by atoms with Gasteiger partial charge in [0, 0.05) is 27.8 Å². The number of nitrogens with zero attached hydrogens (tertiary/aromatic N) is 3. The molecule has 10 heteroatoms. The average Bonchev–Trinajstić information content (AvgIpc) is 3.30. The molecule has 0 amide bonds. The van der Waals surface area contributed by atoms with Crippen LogP contribution in [0.25, 0.3) is 5.65 Å². The lowest BCUT2D eigenvalue weighted by atomic mass is 9.94. The third-order valence-electron chi connectivity index (χ3n) is 6.16. The maximum Gasteiger partial charge on any atom is 0.219 e. The highest BCUT2D eigenvalue weighted by Gasteiger charge is 2.22. The number of fused-ring (bicyclic) bond motifs is 1. The minimum atomic E-state index is -3.58.